The van der Waals surface area contributed by atoms with Crippen LogP contribution in [0.15, 0.2) is 18.3 Å². The summed E-state index contributed by atoms with van der Waals surface area (Å²) < 4.78 is 17.9. The molecule has 1 amide bonds. The maximum Gasteiger partial charge on any atom is 0.409 e. The summed E-state index contributed by atoms with van der Waals surface area (Å²) in [4.78, 5) is 17.4. The molecule has 1 aromatic heterocycles. The molecule has 1 aliphatic heterocycles. The number of piperidine rings is 1. The van der Waals surface area contributed by atoms with E-state index in [1.54, 1.807) is 11.0 Å². The van der Waals surface area contributed by atoms with E-state index in [2.05, 4.69) is 10.3 Å². The topological polar surface area (TPSA) is 54.5 Å². The number of aromatic nitrogens is 1. The van der Waals surface area contributed by atoms with Crippen molar-refractivity contribution in [3.63, 3.8) is 0 Å². The highest BCUT2D eigenvalue weighted by molar-refractivity contribution is 5.67. The lowest BCUT2D eigenvalue weighted by atomic mass is 10.0. The maximum atomic E-state index is 12.9. The Hall–Kier alpha value is -1.69. The van der Waals surface area contributed by atoms with E-state index in [0.29, 0.717) is 25.7 Å². The molecule has 1 N–H and O–H groups in total. The maximum absolute atomic E-state index is 12.9. The Kier molecular flexibility index (Phi) is 5.50. The molecule has 1 unspecified atom stereocenters. The van der Waals surface area contributed by atoms with Gasteiger partial charge in [0.1, 0.15) is 5.82 Å². The summed E-state index contributed by atoms with van der Waals surface area (Å²) >= 11 is 0. The third kappa shape index (κ3) is 4.39. The second-order valence-corrected chi connectivity index (χ2v) is 5.25. The number of halogens is 1. The Labute approximate surface area is 124 Å². The fraction of sp³-hybridized carbons (Fsp3) is 0.600. The molecule has 0 radical (unpaired) electrons. The standard InChI is InChI=1S/C15H22FN3O2/c1-3-21-15(20)19-8-6-13(7-9-19)18-11(2)14-5-4-12(16)10-17-14/h4-5,10-11,13,18H,3,6-9H2,1-2H3. The summed E-state index contributed by atoms with van der Waals surface area (Å²) in [5.41, 5.74) is 0.823. The van der Waals surface area contributed by atoms with Crippen molar-refractivity contribution in [2.45, 2.75) is 38.8 Å². The zero-order valence-corrected chi connectivity index (χ0v) is 12.5. The van der Waals surface area contributed by atoms with Crippen LogP contribution in [-0.2, 0) is 4.74 Å². The molecule has 5 nitrogen and oxygen atoms in total. The smallest absolute Gasteiger partial charge is 0.409 e. The molecule has 1 aliphatic rings. The molecular formula is C15H22FN3O2. The SMILES string of the molecule is CCOC(=O)N1CCC(NC(C)c2ccc(F)cn2)CC1. The molecular weight excluding hydrogens is 273 g/mol. The predicted octanol–water partition coefficient (Wildman–Crippen LogP) is 2.49. The lowest BCUT2D eigenvalue weighted by molar-refractivity contribution is 0.0943. The largest absolute Gasteiger partial charge is 0.450 e. The molecule has 21 heavy (non-hydrogen) atoms. The van der Waals surface area contributed by atoms with Crippen LogP contribution >= 0.6 is 0 Å². The van der Waals surface area contributed by atoms with Crippen molar-refractivity contribution in [1.82, 2.24) is 15.2 Å². The number of hydrogen-bond acceptors (Lipinski definition) is 4. The predicted molar refractivity (Wildman–Crippen MR) is 77.4 cm³/mol. The monoisotopic (exact) mass is 295 g/mol. The fourth-order valence-electron chi connectivity index (χ4n) is 2.53. The molecule has 1 aromatic rings. The van der Waals surface area contributed by atoms with Crippen molar-refractivity contribution in [3.05, 3.63) is 29.8 Å². The van der Waals surface area contributed by atoms with Gasteiger partial charge in [-0.3, -0.25) is 4.98 Å². The molecule has 0 spiro atoms. The molecule has 1 fully saturated rings. The van der Waals surface area contributed by atoms with Gasteiger partial charge in [-0.1, -0.05) is 0 Å². The molecule has 2 rings (SSSR count). The van der Waals surface area contributed by atoms with Crippen molar-refractivity contribution >= 4 is 6.09 Å². The number of likely N-dealkylation sites (tertiary alicyclic amines) is 1. The van der Waals surface area contributed by atoms with Gasteiger partial charge in [-0.25, -0.2) is 9.18 Å². The second-order valence-electron chi connectivity index (χ2n) is 5.25. The zero-order valence-electron chi connectivity index (χ0n) is 12.5. The van der Waals surface area contributed by atoms with Crippen molar-refractivity contribution in [2.75, 3.05) is 19.7 Å². The van der Waals surface area contributed by atoms with Gasteiger partial charge in [-0.2, -0.15) is 0 Å². The minimum Gasteiger partial charge on any atom is -0.450 e. The number of carbonyl (C=O) groups is 1. The number of pyridine rings is 1. The van der Waals surface area contributed by atoms with Gasteiger partial charge in [0.25, 0.3) is 0 Å². The molecule has 116 valence electrons. The van der Waals surface area contributed by atoms with Crippen LogP contribution in [0.4, 0.5) is 9.18 Å². The van der Waals surface area contributed by atoms with E-state index in [9.17, 15) is 9.18 Å². The second kappa shape index (κ2) is 7.36. The van der Waals surface area contributed by atoms with Crippen LogP contribution in [0.1, 0.15) is 38.4 Å². The van der Waals surface area contributed by atoms with Crippen LogP contribution in [0.2, 0.25) is 0 Å². The van der Waals surface area contributed by atoms with Crippen molar-refractivity contribution in [3.8, 4) is 0 Å². The number of nitrogens with one attached hydrogen (secondary N) is 1. The Morgan fingerprint density at radius 2 is 2.24 bits per heavy atom. The summed E-state index contributed by atoms with van der Waals surface area (Å²) in [5, 5.41) is 3.48. The first-order valence-electron chi connectivity index (χ1n) is 7.39. The molecule has 2 heterocycles. The fourth-order valence-corrected chi connectivity index (χ4v) is 2.53. The Morgan fingerprint density at radius 1 is 1.52 bits per heavy atom. The Morgan fingerprint density at radius 3 is 2.81 bits per heavy atom. The number of amides is 1. The van der Waals surface area contributed by atoms with E-state index in [-0.39, 0.29) is 18.0 Å². The average Bonchev–Trinajstić information content (AvgIpc) is 2.49. The highest BCUT2D eigenvalue weighted by Gasteiger charge is 2.24. The molecule has 1 atom stereocenters. The van der Waals surface area contributed by atoms with Crippen molar-refractivity contribution in [2.24, 2.45) is 0 Å². The summed E-state index contributed by atoms with van der Waals surface area (Å²) in [6, 6.07) is 3.51. The first-order chi connectivity index (χ1) is 10.1. The average molecular weight is 295 g/mol. The Balaban J connectivity index is 1.80. The Bertz CT molecular complexity index is 458. The van der Waals surface area contributed by atoms with E-state index in [4.69, 9.17) is 4.74 Å². The van der Waals surface area contributed by atoms with Crippen molar-refractivity contribution in [1.29, 1.82) is 0 Å². The van der Waals surface area contributed by atoms with Crippen LogP contribution in [0.3, 0.4) is 0 Å². The summed E-state index contributed by atoms with van der Waals surface area (Å²) in [6.45, 7) is 5.62. The number of carbonyl (C=O) groups excluding carboxylic acids is 1. The van der Waals surface area contributed by atoms with Crippen LogP contribution < -0.4 is 5.32 Å². The summed E-state index contributed by atoms with van der Waals surface area (Å²) in [7, 11) is 0. The lowest BCUT2D eigenvalue weighted by Crippen LogP contribution is -2.45. The van der Waals surface area contributed by atoms with Gasteiger partial charge in [0, 0.05) is 25.2 Å². The number of nitrogens with zero attached hydrogens (tertiary/aromatic N) is 2. The van der Waals surface area contributed by atoms with E-state index < -0.39 is 0 Å². The molecule has 0 aliphatic carbocycles. The van der Waals surface area contributed by atoms with Gasteiger partial charge >= 0.3 is 6.09 Å². The van der Waals surface area contributed by atoms with Crippen LogP contribution in [-0.4, -0.2) is 41.7 Å². The van der Waals surface area contributed by atoms with Gasteiger partial charge in [0.15, 0.2) is 0 Å². The quantitative estimate of drug-likeness (QED) is 0.927. The third-order valence-corrected chi connectivity index (χ3v) is 3.70. The summed E-state index contributed by atoms with van der Waals surface area (Å²) in [6.07, 6.45) is 2.76. The van der Waals surface area contributed by atoms with Gasteiger partial charge < -0.3 is 15.0 Å². The molecule has 0 aromatic carbocycles. The third-order valence-electron chi connectivity index (χ3n) is 3.70. The van der Waals surface area contributed by atoms with Gasteiger partial charge in [-0.15, -0.1) is 0 Å². The van der Waals surface area contributed by atoms with E-state index >= 15 is 0 Å². The van der Waals surface area contributed by atoms with E-state index in [1.807, 2.05) is 13.8 Å². The van der Waals surface area contributed by atoms with Crippen LogP contribution in [0.25, 0.3) is 0 Å². The highest BCUT2D eigenvalue weighted by Crippen LogP contribution is 2.16. The first-order valence-corrected chi connectivity index (χ1v) is 7.39. The molecule has 1 saturated heterocycles. The minimum absolute atomic E-state index is 0.0599. The van der Waals surface area contributed by atoms with E-state index in [1.165, 1.54) is 12.3 Å². The number of rotatable bonds is 4. The normalized spacial score (nSPS) is 17.6. The molecule has 0 saturated carbocycles. The van der Waals surface area contributed by atoms with Crippen LogP contribution in [0.5, 0.6) is 0 Å². The summed E-state index contributed by atoms with van der Waals surface area (Å²) in [5.74, 6) is -0.325. The molecule has 0 bridgehead atoms. The van der Waals surface area contributed by atoms with Gasteiger partial charge in [0.2, 0.25) is 0 Å². The number of hydrogen-bond donors (Lipinski definition) is 1. The van der Waals surface area contributed by atoms with E-state index in [0.717, 1.165) is 18.5 Å². The first kappa shape index (κ1) is 15.7. The van der Waals surface area contributed by atoms with Crippen molar-refractivity contribution < 1.29 is 13.9 Å². The zero-order chi connectivity index (χ0) is 15.2. The highest BCUT2D eigenvalue weighted by atomic mass is 19.1. The minimum atomic E-state index is -0.325. The number of ether oxygens (including phenoxy) is 1. The lowest BCUT2D eigenvalue weighted by Gasteiger charge is -2.33. The van der Waals surface area contributed by atoms with Crippen LogP contribution in [0, 0.1) is 5.82 Å². The van der Waals surface area contributed by atoms with Gasteiger partial charge in [0.05, 0.1) is 18.5 Å². The molecule has 6 heteroatoms. The van der Waals surface area contributed by atoms with Gasteiger partial charge in [-0.05, 0) is 38.8 Å².